The summed E-state index contributed by atoms with van der Waals surface area (Å²) >= 11 is 0. The molecule has 0 bridgehead atoms. The average molecular weight is 247 g/mol. The van der Waals surface area contributed by atoms with E-state index in [1.165, 1.54) is 11.1 Å². The second kappa shape index (κ2) is 6.58. The summed E-state index contributed by atoms with van der Waals surface area (Å²) in [6.07, 6.45) is 2.56. The second-order valence-electron chi connectivity index (χ2n) is 5.60. The van der Waals surface area contributed by atoms with Crippen LogP contribution in [-0.2, 0) is 0 Å². The van der Waals surface area contributed by atoms with Gasteiger partial charge >= 0.3 is 0 Å². The Kier molecular flexibility index (Phi) is 5.39. The summed E-state index contributed by atoms with van der Waals surface area (Å²) in [7, 11) is 0. The zero-order valence-electron chi connectivity index (χ0n) is 12.2. The van der Waals surface area contributed by atoms with Gasteiger partial charge in [-0.05, 0) is 36.8 Å². The standard InChI is InChI=1S/C16H25NO/c1-12(2)15-7-6-8-16(11-15)14(5)9-10-17(18)13(3)4/h6-8,10-14H,9H2,1-5H3/b17-10+. The molecule has 2 heteroatoms. The molecule has 0 aliphatic carbocycles. The lowest BCUT2D eigenvalue weighted by atomic mass is 9.93. The van der Waals surface area contributed by atoms with Crippen LogP contribution in [0.3, 0.4) is 0 Å². The summed E-state index contributed by atoms with van der Waals surface area (Å²) in [4.78, 5) is 0. The molecule has 0 amide bonds. The Morgan fingerprint density at radius 3 is 2.28 bits per heavy atom. The van der Waals surface area contributed by atoms with Gasteiger partial charge in [0.05, 0.1) is 0 Å². The van der Waals surface area contributed by atoms with Gasteiger partial charge in [0.1, 0.15) is 0 Å². The summed E-state index contributed by atoms with van der Waals surface area (Å²) in [6, 6.07) is 8.71. The van der Waals surface area contributed by atoms with Gasteiger partial charge in [-0.15, -0.1) is 0 Å². The maximum atomic E-state index is 11.5. The first-order valence-corrected chi connectivity index (χ1v) is 6.80. The van der Waals surface area contributed by atoms with Crippen LogP contribution in [0.1, 0.15) is 64.0 Å². The molecule has 2 nitrogen and oxygen atoms in total. The highest BCUT2D eigenvalue weighted by Crippen LogP contribution is 2.22. The molecule has 100 valence electrons. The maximum Gasteiger partial charge on any atom is 0.157 e. The van der Waals surface area contributed by atoms with Gasteiger partial charge in [0.15, 0.2) is 12.3 Å². The van der Waals surface area contributed by atoms with E-state index in [0.717, 1.165) is 11.2 Å². The number of nitrogens with zero attached hydrogens (tertiary/aromatic N) is 1. The van der Waals surface area contributed by atoms with E-state index < -0.39 is 0 Å². The first kappa shape index (κ1) is 14.7. The summed E-state index contributed by atoms with van der Waals surface area (Å²) in [5, 5.41) is 11.5. The summed E-state index contributed by atoms with van der Waals surface area (Å²) < 4.78 is 1.04. The van der Waals surface area contributed by atoms with Crippen LogP contribution in [0, 0.1) is 5.21 Å². The van der Waals surface area contributed by atoms with Crippen molar-refractivity contribution in [2.24, 2.45) is 0 Å². The highest BCUT2D eigenvalue weighted by molar-refractivity contribution is 5.53. The lowest BCUT2D eigenvalue weighted by Crippen LogP contribution is -2.15. The average Bonchev–Trinajstić information content (AvgIpc) is 2.35. The minimum atomic E-state index is 0.0270. The van der Waals surface area contributed by atoms with Crippen molar-refractivity contribution in [3.8, 4) is 0 Å². The van der Waals surface area contributed by atoms with Crippen molar-refractivity contribution in [1.82, 2.24) is 0 Å². The topological polar surface area (TPSA) is 26.1 Å². The van der Waals surface area contributed by atoms with Crippen LogP contribution < -0.4 is 0 Å². The van der Waals surface area contributed by atoms with Crippen molar-refractivity contribution in [2.45, 2.75) is 58.9 Å². The van der Waals surface area contributed by atoms with Crippen LogP contribution in [0.25, 0.3) is 0 Å². The van der Waals surface area contributed by atoms with Crippen LogP contribution in [-0.4, -0.2) is 17.0 Å². The van der Waals surface area contributed by atoms with E-state index in [-0.39, 0.29) is 6.04 Å². The molecule has 0 aromatic heterocycles. The van der Waals surface area contributed by atoms with Gasteiger partial charge in [-0.3, -0.25) is 0 Å². The van der Waals surface area contributed by atoms with Crippen molar-refractivity contribution in [1.29, 1.82) is 0 Å². The summed E-state index contributed by atoms with van der Waals surface area (Å²) in [6.45, 7) is 10.4. The Morgan fingerprint density at radius 1 is 1.11 bits per heavy atom. The SMILES string of the molecule is CC(C)c1cccc(C(C)C/C=[N+](/[O-])C(C)C)c1. The molecule has 0 aliphatic heterocycles. The molecule has 0 fully saturated rings. The van der Waals surface area contributed by atoms with Crippen LogP contribution in [0.15, 0.2) is 24.3 Å². The molecule has 1 aromatic rings. The molecule has 0 heterocycles. The van der Waals surface area contributed by atoms with Crippen molar-refractivity contribution in [3.05, 3.63) is 40.6 Å². The lowest BCUT2D eigenvalue weighted by Gasteiger charge is -2.13. The largest absolute Gasteiger partial charge is 0.624 e. The first-order valence-electron chi connectivity index (χ1n) is 6.80. The molecule has 0 saturated heterocycles. The van der Waals surface area contributed by atoms with E-state index in [9.17, 15) is 5.21 Å². The highest BCUT2D eigenvalue weighted by atomic mass is 16.5. The molecule has 1 aromatic carbocycles. The fraction of sp³-hybridized carbons (Fsp3) is 0.562. The van der Waals surface area contributed by atoms with E-state index >= 15 is 0 Å². The smallest absolute Gasteiger partial charge is 0.157 e. The van der Waals surface area contributed by atoms with Crippen molar-refractivity contribution in [3.63, 3.8) is 0 Å². The molecule has 1 rings (SSSR count). The second-order valence-corrected chi connectivity index (χ2v) is 5.60. The molecule has 1 atom stereocenters. The monoisotopic (exact) mass is 247 g/mol. The van der Waals surface area contributed by atoms with Crippen molar-refractivity contribution in [2.75, 3.05) is 0 Å². The lowest BCUT2D eigenvalue weighted by molar-refractivity contribution is -0.488. The van der Waals surface area contributed by atoms with E-state index in [1.54, 1.807) is 6.21 Å². The van der Waals surface area contributed by atoms with Gasteiger partial charge in [0, 0.05) is 6.42 Å². The zero-order valence-corrected chi connectivity index (χ0v) is 12.2. The molecule has 0 saturated carbocycles. The molecular weight excluding hydrogens is 222 g/mol. The van der Waals surface area contributed by atoms with Gasteiger partial charge in [-0.25, -0.2) is 4.74 Å². The van der Waals surface area contributed by atoms with Gasteiger partial charge in [0.25, 0.3) is 0 Å². The van der Waals surface area contributed by atoms with Crippen LogP contribution in [0.2, 0.25) is 0 Å². The molecular formula is C16H25NO. The normalized spacial score (nSPS) is 14.3. The molecule has 1 unspecified atom stereocenters. The fourth-order valence-corrected chi connectivity index (χ4v) is 1.83. The van der Waals surface area contributed by atoms with Crippen LogP contribution in [0.4, 0.5) is 0 Å². The minimum Gasteiger partial charge on any atom is -0.624 e. The third kappa shape index (κ3) is 4.17. The van der Waals surface area contributed by atoms with Gasteiger partial charge in [-0.1, -0.05) is 45.0 Å². The predicted molar refractivity (Wildman–Crippen MR) is 78.4 cm³/mol. The van der Waals surface area contributed by atoms with Crippen LogP contribution >= 0.6 is 0 Å². The molecule has 0 aliphatic rings. The Labute approximate surface area is 111 Å². The highest BCUT2D eigenvalue weighted by Gasteiger charge is 2.09. The quantitative estimate of drug-likeness (QED) is 0.330. The van der Waals surface area contributed by atoms with Gasteiger partial charge in [0.2, 0.25) is 0 Å². The Hall–Kier alpha value is -1.31. The molecule has 18 heavy (non-hydrogen) atoms. The third-order valence-electron chi connectivity index (χ3n) is 3.29. The number of benzene rings is 1. The first-order chi connectivity index (χ1) is 8.41. The molecule has 0 spiro atoms. The van der Waals surface area contributed by atoms with Gasteiger partial charge in [-0.2, -0.15) is 0 Å². The van der Waals surface area contributed by atoms with E-state index in [4.69, 9.17) is 0 Å². The Morgan fingerprint density at radius 2 is 1.72 bits per heavy atom. The van der Waals surface area contributed by atoms with Gasteiger partial charge < -0.3 is 5.21 Å². The summed E-state index contributed by atoms with van der Waals surface area (Å²) in [5.74, 6) is 0.937. The van der Waals surface area contributed by atoms with E-state index in [2.05, 4.69) is 45.0 Å². The summed E-state index contributed by atoms with van der Waals surface area (Å²) in [5.41, 5.74) is 2.68. The maximum absolute atomic E-state index is 11.5. The number of hydrogen-bond donors (Lipinski definition) is 0. The number of hydrogen-bond acceptors (Lipinski definition) is 1. The van der Waals surface area contributed by atoms with E-state index in [1.807, 2.05) is 13.8 Å². The van der Waals surface area contributed by atoms with Crippen molar-refractivity contribution >= 4 is 6.21 Å². The van der Waals surface area contributed by atoms with Crippen LogP contribution in [0.5, 0.6) is 0 Å². The molecule has 0 radical (unpaired) electrons. The number of hydroxylamine groups is 1. The predicted octanol–water partition coefficient (Wildman–Crippen LogP) is 4.29. The van der Waals surface area contributed by atoms with E-state index in [0.29, 0.717) is 11.8 Å². The third-order valence-corrected chi connectivity index (χ3v) is 3.29. The van der Waals surface area contributed by atoms with Crippen molar-refractivity contribution < 1.29 is 4.74 Å². The Balaban J connectivity index is 2.75. The number of rotatable bonds is 5. The zero-order chi connectivity index (χ0) is 13.7. The fourth-order valence-electron chi connectivity index (χ4n) is 1.83. The minimum absolute atomic E-state index is 0.0270. The Bertz CT molecular complexity index is 407. The molecule has 0 N–H and O–H groups in total.